The van der Waals surface area contributed by atoms with E-state index in [2.05, 4.69) is 72.5 Å². The van der Waals surface area contributed by atoms with Crippen LogP contribution in [0.5, 0.6) is 0 Å². The molecule has 1 saturated heterocycles. The van der Waals surface area contributed by atoms with Crippen LogP contribution in [0.4, 0.5) is 0 Å². The molecule has 21 heavy (non-hydrogen) atoms. The van der Waals surface area contributed by atoms with Gasteiger partial charge in [-0.25, -0.2) is 0 Å². The first kappa shape index (κ1) is 17.3. The predicted octanol–water partition coefficient (Wildman–Crippen LogP) is 4.44. The fourth-order valence-corrected chi connectivity index (χ4v) is 4.70. The Morgan fingerprint density at radius 2 is 1.38 bits per heavy atom. The molecule has 124 valence electrons. The van der Waals surface area contributed by atoms with Crippen molar-refractivity contribution in [3.8, 4) is 0 Å². The van der Waals surface area contributed by atoms with Gasteiger partial charge in [-0.2, -0.15) is 0 Å². The van der Waals surface area contributed by atoms with Crippen LogP contribution >= 0.6 is 0 Å². The van der Waals surface area contributed by atoms with Crippen LogP contribution in [-0.2, 0) is 0 Å². The van der Waals surface area contributed by atoms with Crippen molar-refractivity contribution in [3.05, 3.63) is 0 Å². The maximum atomic E-state index is 4.06. The molecule has 1 heterocycles. The van der Waals surface area contributed by atoms with Gasteiger partial charge in [0.1, 0.15) is 0 Å². The van der Waals surface area contributed by atoms with E-state index < -0.39 is 0 Å². The number of nitrogens with one attached hydrogen (secondary N) is 1. The Hall–Kier alpha value is -0.0800. The van der Waals surface area contributed by atoms with Crippen LogP contribution in [0.3, 0.4) is 0 Å². The SMILES string of the molecule is CC(C)(C)C1N[C@@H]2CC[C@@H](C2)N(C(C)(C)C)C1C(C)(C)C. The van der Waals surface area contributed by atoms with E-state index in [-0.39, 0.29) is 16.4 Å². The Morgan fingerprint density at radius 1 is 0.810 bits per heavy atom. The van der Waals surface area contributed by atoms with E-state index in [9.17, 15) is 0 Å². The largest absolute Gasteiger partial charge is 0.309 e. The topological polar surface area (TPSA) is 15.3 Å². The van der Waals surface area contributed by atoms with Crippen LogP contribution in [0.25, 0.3) is 0 Å². The first-order valence-corrected chi connectivity index (χ1v) is 8.86. The van der Waals surface area contributed by atoms with Gasteiger partial charge in [0.2, 0.25) is 0 Å². The minimum atomic E-state index is 0.229. The summed E-state index contributed by atoms with van der Waals surface area (Å²) in [6, 6.07) is 2.59. The van der Waals surface area contributed by atoms with Gasteiger partial charge in [-0.3, -0.25) is 4.90 Å². The van der Waals surface area contributed by atoms with Crippen LogP contribution in [0.2, 0.25) is 0 Å². The minimum Gasteiger partial charge on any atom is -0.309 e. The molecule has 2 unspecified atom stereocenters. The molecule has 0 aromatic rings. The smallest absolute Gasteiger partial charge is 0.0311 e. The van der Waals surface area contributed by atoms with Crippen molar-refractivity contribution in [1.29, 1.82) is 0 Å². The highest BCUT2D eigenvalue weighted by Crippen LogP contribution is 2.44. The van der Waals surface area contributed by atoms with Gasteiger partial charge in [-0.05, 0) is 50.9 Å². The molecule has 2 rings (SSSR count). The molecule has 1 saturated carbocycles. The molecule has 1 aliphatic carbocycles. The standard InChI is InChI=1S/C19H38N2/c1-17(2,3)15-16(18(4,5)6)21(19(7,8)9)14-11-10-13(12-14)20-15/h13-16,20H,10-12H2,1-9H3/t13-,14+,15?,16?/m1/s1. The van der Waals surface area contributed by atoms with Crippen molar-refractivity contribution in [2.24, 2.45) is 10.8 Å². The van der Waals surface area contributed by atoms with Crippen LogP contribution < -0.4 is 5.32 Å². The van der Waals surface area contributed by atoms with Gasteiger partial charge in [-0.1, -0.05) is 41.5 Å². The molecule has 2 fully saturated rings. The Bertz CT molecular complexity index is 366. The van der Waals surface area contributed by atoms with Crippen LogP contribution in [0.15, 0.2) is 0 Å². The van der Waals surface area contributed by atoms with E-state index >= 15 is 0 Å². The van der Waals surface area contributed by atoms with E-state index in [0.29, 0.717) is 12.1 Å². The monoisotopic (exact) mass is 294 g/mol. The molecular weight excluding hydrogens is 256 g/mol. The molecule has 1 aliphatic heterocycles. The van der Waals surface area contributed by atoms with Crippen LogP contribution in [0, 0.1) is 10.8 Å². The summed E-state index contributed by atoms with van der Waals surface area (Å²) in [5.74, 6) is 0. The first-order valence-electron chi connectivity index (χ1n) is 8.86. The molecule has 2 bridgehead atoms. The molecule has 4 atom stereocenters. The van der Waals surface area contributed by atoms with E-state index in [1.54, 1.807) is 0 Å². The fraction of sp³-hybridized carbons (Fsp3) is 1.00. The molecule has 2 heteroatoms. The van der Waals surface area contributed by atoms with Crippen LogP contribution in [0.1, 0.15) is 81.6 Å². The molecule has 0 aromatic heterocycles. The van der Waals surface area contributed by atoms with Crippen molar-refractivity contribution < 1.29 is 0 Å². The number of nitrogens with zero attached hydrogens (tertiary/aromatic N) is 1. The fourth-order valence-electron chi connectivity index (χ4n) is 4.70. The molecular formula is C19H38N2. The third kappa shape index (κ3) is 3.47. The number of rotatable bonds is 0. The average Bonchev–Trinajstić information content (AvgIpc) is 2.53. The van der Waals surface area contributed by atoms with Gasteiger partial charge >= 0.3 is 0 Å². The normalized spacial score (nSPS) is 35.9. The summed E-state index contributed by atoms with van der Waals surface area (Å²) in [5, 5.41) is 4.06. The van der Waals surface area contributed by atoms with Crippen molar-refractivity contribution in [2.75, 3.05) is 0 Å². The Labute approximate surface area is 133 Å². The predicted molar refractivity (Wildman–Crippen MR) is 92.6 cm³/mol. The van der Waals surface area contributed by atoms with E-state index in [0.717, 1.165) is 12.1 Å². The third-order valence-electron chi connectivity index (χ3n) is 5.42. The maximum Gasteiger partial charge on any atom is 0.0311 e. The molecule has 2 aliphatic rings. The van der Waals surface area contributed by atoms with Gasteiger partial charge < -0.3 is 5.32 Å². The lowest BCUT2D eigenvalue weighted by Gasteiger charge is -2.55. The molecule has 1 N–H and O–H groups in total. The highest BCUT2D eigenvalue weighted by Gasteiger charge is 2.51. The molecule has 2 nitrogen and oxygen atoms in total. The number of fused-ring (bicyclic) bond motifs is 2. The molecule has 0 radical (unpaired) electrons. The Morgan fingerprint density at radius 3 is 1.81 bits per heavy atom. The zero-order chi connectivity index (χ0) is 16.2. The van der Waals surface area contributed by atoms with E-state index in [1.165, 1.54) is 19.3 Å². The maximum absolute atomic E-state index is 4.06. The van der Waals surface area contributed by atoms with Gasteiger partial charge in [0.25, 0.3) is 0 Å². The lowest BCUT2D eigenvalue weighted by molar-refractivity contribution is -0.0446. The minimum absolute atomic E-state index is 0.229. The summed E-state index contributed by atoms with van der Waals surface area (Å²) < 4.78 is 0. The molecule has 0 amide bonds. The molecule has 0 aromatic carbocycles. The second-order valence-corrected chi connectivity index (χ2v) is 10.6. The van der Waals surface area contributed by atoms with E-state index in [4.69, 9.17) is 0 Å². The van der Waals surface area contributed by atoms with E-state index in [1.807, 2.05) is 0 Å². The first-order chi connectivity index (χ1) is 9.32. The summed E-state index contributed by atoms with van der Waals surface area (Å²) >= 11 is 0. The summed E-state index contributed by atoms with van der Waals surface area (Å²) in [4.78, 5) is 2.88. The summed E-state index contributed by atoms with van der Waals surface area (Å²) in [6.07, 6.45) is 4.04. The van der Waals surface area contributed by atoms with Gasteiger partial charge in [0.15, 0.2) is 0 Å². The second kappa shape index (κ2) is 5.23. The van der Waals surface area contributed by atoms with Gasteiger partial charge in [0.05, 0.1) is 0 Å². The second-order valence-electron chi connectivity index (χ2n) is 10.6. The van der Waals surface area contributed by atoms with Gasteiger partial charge in [-0.15, -0.1) is 0 Å². The quantitative estimate of drug-likeness (QED) is 0.710. The summed E-state index contributed by atoms with van der Waals surface area (Å²) in [7, 11) is 0. The van der Waals surface area contributed by atoms with Crippen molar-refractivity contribution in [3.63, 3.8) is 0 Å². The number of hydrogen-bond donors (Lipinski definition) is 1. The Balaban J connectivity index is 2.51. The summed E-state index contributed by atoms with van der Waals surface area (Å²) in [6.45, 7) is 21.7. The Kier molecular flexibility index (Phi) is 4.30. The third-order valence-corrected chi connectivity index (χ3v) is 5.42. The van der Waals surface area contributed by atoms with Crippen molar-refractivity contribution in [1.82, 2.24) is 10.2 Å². The summed E-state index contributed by atoms with van der Waals surface area (Å²) in [5.41, 5.74) is 0.793. The van der Waals surface area contributed by atoms with Crippen molar-refractivity contribution >= 4 is 0 Å². The van der Waals surface area contributed by atoms with Gasteiger partial charge in [0, 0.05) is 29.7 Å². The number of hydrogen-bond acceptors (Lipinski definition) is 2. The molecule has 0 spiro atoms. The highest BCUT2D eigenvalue weighted by atomic mass is 15.3. The van der Waals surface area contributed by atoms with Crippen molar-refractivity contribution in [2.45, 2.75) is 111 Å². The highest BCUT2D eigenvalue weighted by molar-refractivity contribution is 5.08. The average molecular weight is 295 g/mol. The lowest BCUT2D eigenvalue weighted by atomic mass is 9.70. The zero-order valence-electron chi connectivity index (χ0n) is 15.9. The zero-order valence-corrected chi connectivity index (χ0v) is 15.9. The van der Waals surface area contributed by atoms with Crippen LogP contribution in [-0.4, -0.2) is 34.6 Å². The lowest BCUT2D eigenvalue weighted by Crippen LogP contribution is -2.66.